The Bertz CT molecular complexity index is 965. The number of nitrogens with zero attached hydrogens (tertiary/aromatic N) is 6. The molecule has 9 nitrogen and oxygen atoms in total. The van der Waals surface area contributed by atoms with Gasteiger partial charge in [-0.15, -0.1) is 10.2 Å². The number of benzene rings is 1. The fourth-order valence-corrected chi connectivity index (χ4v) is 4.39. The molecule has 0 spiro atoms. The first-order valence-electron chi connectivity index (χ1n) is 11.4. The van der Waals surface area contributed by atoms with E-state index >= 15 is 0 Å². The molecule has 9 heteroatoms. The maximum atomic E-state index is 13.3. The zero-order valence-corrected chi connectivity index (χ0v) is 19.2. The number of ether oxygens (including phenoxy) is 1. The Morgan fingerprint density at radius 1 is 0.906 bits per heavy atom. The third kappa shape index (κ3) is 4.48. The summed E-state index contributed by atoms with van der Waals surface area (Å²) >= 11 is 0. The zero-order chi connectivity index (χ0) is 22.7. The van der Waals surface area contributed by atoms with Gasteiger partial charge in [-0.05, 0) is 20.8 Å². The van der Waals surface area contributed by atoms with Crippen LogP contribution in [0.15, 0.2) is 24.3 Å². The quantitative estimate of drug-likeness (QED) is 0.720. The molecule has 2 aliphatic heterocycles. The molecule has 1 aromatic heterocycles. The van der Waals surface area contributed by atoms with Gasteiger partial charge in [-0.25, -0.2) is 4.79 Å². The van der Waals surface area contributed by atoms with Crippen LogP contribution in [0.4, 0.5) is 10.6 Å². The Balaban J connectivity index is 1.52. The number of anilines is 1. The average molecular weight is 441 g/mol. The molecule has 0 saturated carbocycles. The van der Waals surface area contributed by atoms with Crippen LogP contribution in [0.3, 0.4) is 0 Å². The summed E-state index contributed by atoms with van der Waals surface area (Å²) in [7, 11) is 0. The highest BCUT2D eigenvalue weighted by atomic mass is 16.6. The predicted molar refractivity (Wildman–Crippen MR) is 123 cm³/mol. The van der Waals surface area contributed by atoms with E-state index in [2.05, 4.69) is 33.8 Å². The van der Waals surface area contributed by atoms with E-state index in [0.29, 0.717) is 44.5 Å². The minimum atomic E-state index is -0.327. The molecule has 0 unspecified atom stereocenters. The molecule has 3 heterocycles. The van der Waals surface area contributed by atoms with E-state index in [1.54, 1.807) is 16.7 Å². The van der Waals surface area contributed by atoms with Crippen molar-refractivity contribution in [3.8, 4) is 0 Å². The van der Waals surface area contributed by atoms with Gasteiger partial charge in [-0.2, -0.15) is 0 Å². The summed E-state index contributed by atoms with van der Waals surface area (Å²) in [6.07, 6.45) is -0.327. The Labute approximate surface area is 188 Å². The number of hydrogen-bond acceptors (Lipinski definition) is 7. The van der Waals surface area contributed by atoms with Crippen LogP contribution in [0.25, 0.3) is 10.8 Å². The van der Waals surface area contributed by atoms with Gasteiger partial charge < -0.3 is 19.4 Å². The highest BCUT2D eigenvalue weighted by Crippen LogP contribution is 2.27. The van der Waals surface area contributed by atoms with Crippen molar-refractivity contribution in [2.24, 2.45) is 0 Å². The van der Waals surface area contributed by atoms with Crippen molar-refractivity contribution in [1.29, 1.82) is 0 Å². The lowest BCUT2D eigenvalue weighted by Crippen LogP contribution is -2.51. The topological polar surface area (TPSA) is 82.1 Å². The molecule has 2 saturated heterocycles. The van der Waals surface area contributed by atoms with Crippen LogP contribution in [-0.2, 0) is 4.74 Å². The molecule has 2 aliphatic rings. The van der Waals surface area contributed by atoms with Gasteiger partial charge in [-0.1, -0.05) is 24.3 Å². The Kier molecular flexibility index (Phi) is 6.74. The number of carbonyl (C=O) groups excluding carboxylic acids is 2. The van der Waals surface area contributed by atoms with E-state index < -0.39 is 0 Å². The minimum absolute atomic E-state index is 0.145. The molecule has 2 aromatic rings. The van der Waals surface area contributed by atoms with Crippen LogP contribution in [0, 0.1) is 0 Å². The highest BCUT2D eigenvalue weighted by molar-refractivity contribution is 6.07. The maximum Gasteiger partial charge on any atom is 0.409 e. The first-order chi connectivity index (χ1) is 15.5. The minimum Gasteiger partial charge on any atom is -0.450 e. The van der Waals surface area contributed by atoms with Crippen LogP contribution in [0.1, 0.15) is 31.3 Å². The van der Waals surface area contributed by atoms with Gasteiger partial charge in [0.15, 0.2) is 11.5 Å². The normalized spacial score (nSPS) is 17.8. The number of carbonyl (C=O) groups is 2. The SMILES string of the molecule is CCOC(=O)N1CCN(C(=O)c2nnc(N3CCN(C(C)C)CC3)c3ccccc23)CC1. The smallest absolute Gasteiger partial charge is 0.409 e. The third-order valence-corrected chi connectivity index (χ3v) is 6.31. The molecule has 0 atom stereocenters. The zero-order valence-electron chi connectivity index (χ0n) is 19.2. The standard InChI is InChI=1S/C23H32N6O3/c1-4-32-23(31)29-15-13-28(14-16-29)22(30)20-18-7-5-6-8-19(18)21(25-24-20)27-11-9-26(10-12-27)17(2)3/h5-8,17H,4,9-16H2,1-3H3. The molecule has 0 N–H and O–H groups in total. The van der Waals surface area contributed by atoms with Crippen molar-refractivity contribution in [1.82, 2.24) is 24.9 Å². The molecule has 32 heavy (non-hydrogen) atoms. The summed E-state index contributed by atoms with van der Waals surface area (Å²) in [5.74, 6) is 0.695. The molecule has 0 aliphatic carbocycles. The van der Waals surface area contributed by atoms with E-state index in [9.17, 15) is 9.59 Å². The van der Waals surface area contributed by atoms with E-state index in [1.807, 2.05) is 24.3 Å². The Morgan fingerprint density at radius 3 is 2.16 bits per heavy atom. The molecule has 0 bridgehead atoms. The van der Waals surface area contributed by atoms with Gasteiger partial charge in [0.2, 0.25) is 0 Å². The first kappa shape index (κ1) is 22.3. The molecule has 2 fully saturated rings. The average Bonchev–Trinajstić information content (AvgIpc) is 2.83. The van der Waals surface area contributed by atoms with Gasteiger partial charge in [0.25, 0.3) is 5.91 Å². The van der Waals surface area contributed by atoms with E-state index in [1.165, 1.54) is 0 Å². The summed E-state index contributed by atoms with van der Waals surface area (Å²) < 4.78 is 5.06. The van der Waals surface area contributed by atoms with Crippen LogP contribution >= 0.6 is 0 Å². The van der Waals surface area contributed by atoms with E-state index in [0.717, 1.165) is 42.8 Å². The lowest BCUT2D eigenvalue weighted by Gasteiger charge is -2.37. The summed E-state index contributed by atoms with van der Waals surface area (Å²) in [5.41, 5.74) is 0.370. The summed E-state index contributed by atoms with van der Waals surface area (Å²) in [6.45, 7) is 12.1. The van der Waals surface area contributed by atoms with Crippen LogP contribution in [0.5, 0.6) is 0 Å². The second-order valence-electron chi connectivity index (χ2n) is 8.51. The Hall–Kier alpha value is -2.94. The van der Waals surface area contributed by atoms with Crippen LogP contribution in [-0.4, -0.2) is 102 Å². The van der Waals surface area contributed by atoms with Gasteiger partial charge in [0.1, 0.15) is 0 Å². The number of amides is 2. The largest absolute Gasteiger partial charge is 0.450 e. The predicted octanol–water partition coefficient (Wildman–Crippen LogP) is 2.07. The molecule has 2 amide bonds. The van der Waals surface area contributed by atoms with Crippen molar-refractivity contribution in [3.63, 3.8) is 0 Å². The number of piperazine rings is 2. The number of aromatic nitrogens is 2. The number of rotatable bonds is 4. The summed E-state index contributed by atoms with van der Waals surface area (Å²) in [6, 6.07) is 8.40. The van der Waals surface area contributed by atoms with Crippen LogP contribution in [0.2, 0.25) is 0 Å². The van der Waals surface area contributed by atoms with Gasteiger partial charge in [0, 0.05) is 69.2 Å². The second kappa shape index (κ2) is 9.68. The first-order valence-corrected chi connectivity index (χ1v) is 11.4. The summed E-state index contributed by atoms with van der Waals surface area (Å²) in [5, 5.41) is 10.7. The highest BCUT2D eigenvalue weighted by Gasteiger charge is 2.29. The van der Waals surface area contributed by atoms with Crippen LogP contribution < -0.4 is 4.90 Å². The van der Waals surface area contributed by atoms with Crippen molar-refractivity contribution in [3.05, 3.63) is 30.0 Å². The van der Waals surface area contributed by atoms with Crippen molar-refractivity contribution in [2.45, 2.75) is 26.8 Å². The molecular weight excluding hydrogens is 408 g/mol. The number of hydrogen-bond donors (Lipinski definition) is 0. The molecule has 4 rings (SSSR count). The van der Waals surface area contributed by atoms with E-state index in [4.69, 9.17) is 4.74 Å². The second-order valence-corrected chi connectivity index (χ2v) is 8.51. The fourth-order valence-electron chi connectivity index (χ4n) is 4.39. The molecule has 172 valence electrons. The van der Waals surface area contributed by atoms with Gasteiger partial charge in [-0.3, -0.25) is 9.69 Å². The van der Waals surface area contributed by atoms with Gasteiger partial charge >= 0.3 is 6.09 Å². The van der Waals surface area contributed by atoms with Crippen molar-refractivity contribution >= 4 is 28.6 Å². The third-order valence-electron chi connectivity index (χ3n) is 6.31. The lowest BCUT2D eigenvalue weighted by atomic mass is 10.1. The lowest BCUT2D eigenvalue weighted by molar-refractivity contribution is 0.0567. The molecular formula is C23H32N6O3. The molecule has 1 aromatic carbocycles. The maximum absolute atomic E-state index is 13.3. The monoisotopic (exact) mass is 440 g/mol. The van der Waals surface area contributed by atoms with Crippen molar-refractivity contribution in [2.75, 3.05) is 63.9 Å². The van der Waals surface area contributed by atoms with Crippen molar-refractivity contribution < 1.29 is 14.3 Å². The summed E-state index contributed by atoms with van der Waals surface area (Å²) in [4.78, 5) is 33.3. The number of fused-ring (bicyclic) bond motifs is 1. The fraction of sp³-hybridized carbons (Fsp3) is 0.565. The van der Waals surface area contributed by atoms with Gasteiger partial charge in [0.05, 0.1) is 6.61 Å². The Morgan fingerprint density at radius 2 is 1.53 bits per heavy atom. The molecule has 0 radical (unpaired) electrons. The van der Waals surface area contributed by atoms with E-state index in [-0.39, 0.29) is 12.0 Å².